The molecule has 0 atom stereocenters. The summed E-state index contributed by atoms with van der Waals surface area (Å²) in [7, 11) is 2.22. The molecule has 0 saturated heterocycles. The Hall–Kier alpha value is -1.55. The standard InChI is InChI=1S/C21H25N3.2ClH/c1-15-4-7-20-18(12-15)19-14-23(3)10-9-21(19)24(20)11-8-17-6-5-16(2)22-13-17;;/h4-7,12-13H,8-11,14H2,1-3H3;2*1H. The number of rotatable bonds is 3. The Bertz CT molecular complexity index is 884. The predicted octanol–water partition coefficient (Wildman–Crippen LogP) is 4.73. The molecule has 0 radical (unpaired) electrons. The Morgan fingerprint density at radius 2 is 1.88 bits per heavy atom. The minimum Gasteiger partial charge on any atom is -0.344 e. The first-order chi connectivity index (χ1) is 11.6. The van der Waals surface area contributed by atoms with Crippen molar-refractivity contribution in [3.63, 3.8) is 0 Å². The van der Waals surface area contributed by atoms with E-state index in [9.17, 15) is 0 Å². The van der Waals surface area contributed by atoms with Gasteiger partial charge in [0.1, 0.15) is 0 Å². The van der Waals surface area contributed by atoms with Crippen molar-refractivity contribution in [1.29, 1.82) is 0 Å². The highest BCUT2D eigenvalue weighted by Crippen LogP contribution is 2.31. The lowest BCUT2D eigenvalue weighted by molar-refractivity contribution is 0.309. The molecule has 0 amide bonds. The summed E-state index contributed by atoms with van der Waals surface area (Å²) in [4.78, 5) is 6.86. The van der Waals surface area contributed by atoms with Gasteiger partial charge in [-0.1, -0.05) is 17.7 Å². The number of hydrogen-bond acceptors (Lipinski definition) is 2. The van der Waals surface area contributed by atoms with E-state index in [0.29, 0.717) is 0 Å². The number of pyridine rings is 1. The van der Waals surface area contributed by atoms with Crippen molar-refractivity contribution >= 4 is 35.7 Å². The van der Waals surface area contributed by atoms with Gasteiger partial charge < -0.3 is 9.47 Å². The van der Waals surface area contributed by atoms with Crippen LogP contribution in [0.2, 0.25) is 0 Å². The molecule has 4 rings (SSSR count). The molecular weight excluding hydrogens is 365 g/mol. The highest BCUT2D eigenvalue weighted by atomic mass is 35.5. The van der Waals surface area contributed by atoms with E-state index in [1.54, 1.807) is 0 Å². The predicted molar refractivity (Wildman–Crippen MR) is 114 cm³/mol. The van der Waals surface area contributed by atoms with Crippen LogP contribution in [0.15, 0.2) is 36.5 Å². The van der Waals surface area contributed by atoms with E-state index in [4.69, 9.17) is 0 Å². The summed E-state index contributed by atoms with van der Waals surface area (Å²) in [6.45, 7) is 7.47. The lowest BCUT2D eigenvalue weighted by Gasteiger charge is -2.24. The zero-order valence-electron chi connectivity index (χ0n) is 15.7. The third-order valence-electron chi connectivity index (χ3n) is 5.20. The third-order valence-corrected chi connectivity index (χ3v) is 5.20. The van der Waals surface area contributed by atoms with E-state index in [1.165, 1.54) is 33.3 Å². The van der Waals surface area contributed by atoms with Crippen LogP contribution in [0.25, 0.3) is 10.9 Å². The van der Waals surface area contributed by atoms with E-state index in [2.05, 4.69) is 58.8 Å². The normalized spacial score (nSPS) is 13.8. The van der Waals surface area contributed by atoms with Crippen LogP contribution in [0.4, 0.5) is 0 Å². The van der Waals surface area contributed by atoms with Gasteiger partial charge in [0.15, 0.2) is 0 Å². The molecule has 1 aliphatic rings. The summed E-state index contributed by atoms with van der Waals surface area (Å²) in [5.74, 6) is 0. The summed E-state index contributed by atoms with van der Waals surface area (Å²) in [5.41, 5.74) is 8.20. The summed E-state index contributed by atoms with van der Waals surface area (Å²) in [5, 5.41) is 1.44. The Labute approximate surface area is 168 Å². The molecule has 0 fully saturated rings. The van der Waals surface area contributed by atoms with Crippen LogP contribution in [0.5, 0.6) is 0 Å². The molecule has 3 heterocycles. The minimum atomic E-state index is 0. The Morgan fingerprint density at radius 1 is 1.08 bits per heavy atom. The molecule has 0 aliphatic carbocycles. The average molecular weight is 392 g/mol. The average Bonchev–Trinajstić information content (AvgIpc) is 2.87. The number of aromatic nitrogens is 2. The van der Waals surface area contributed by atoms with Gasteiger partial charge in [0.2, 0.25) is 0 Å². The lowest BCUT2D eigenvalue weighted by atomic mass is 10.0. The van der Waals surface area contributed by atoms with Gasteiger partial charge in [-0.05, 0) is 56.6 Å². The first-order valence-electron chi connectivity index (χ1n) is 8.82. The van der Waals surface area contributed by atoms with Crippen LogP contribution in [0, 0.1) is 13.8 Å². The van der Waals surface area contributed by atoms with Gasteiger partial charge >= 0.3 is 0 Å². The Balaban J connectivity index is 0.00000121. The molecule has 26 heavy (non-hydrogen) atoms. The fourth-order valence-electron chi connectivity index (χ4n) is 3.84. The molecule has 1 aliphatic heterocycles. The van der Waals surface area contributed by atoms with Gasteiger partial charge in [0.25, 0.3) is 0 Å². The number of likely N-dealkylation sites (N-methyl/N-ethyl adjacent to an activating group) is 1. The van der Waals surface area contributed by atoms with E-state index in [-0.39, 0.29) is 24.8 Å². The zero-order chi connectivity index (χ0) is 16.7. The smallest absolute Gasteiger partial charge is 0.0486 e. The third kappa shape index (κ3) is 3.90. The van der Waals surface area contributed by atoms with E-state index >= 15 is 0 Å². The van der Waals surface area contributed by atoms with Gasteiger partial charge in [-0.3, -0.25) is 4.98 Å². The number of nitrogens with zero attached hydrogens (tertiary/aromatic N) is 3. The molecule has 0 bridgehead atoms. The maximum absolute atomic E-state index is 4.43. The second-order valence-electron chi connectivity index (χ2n) is 7.14. The SMILES string of the molecule is Cc1ccc2c(c1)c1c(n2CCc2ccc(C)nc2)CCN(C)C1.Cl.Cl. The van der Waals surface area contributed by atoms with Crippen molar-refractivity contribution in [2.45, 2.75) is 39.8 Å². The van der Waals surface area contributed by atoms with Crippen LogP contribution >= 0.6 is 24.8 Å². The number of hydrogen-bond donors (Lipinski definition) is 0. The summed E-state index contributed by atoms with van der Waals surface area (Å²) in [6.07, 6.45) is 4.20. The van der Waals surface area contributed by atoms with Crippen LogP contribution in [0.3, 0.4) is 0 Å². The Morgan fingerprint density at radius 3 is 2.62 bits per heavy atom. The highest BCUT2D eigenvalue weighted by molar-refractivity contribution is 5.86. The van der Waals surface area contributed by atoms with Crippen LogP contribution in [0.1, 0.15) is 28.1 Å². The summed E-state index contributed by atoms with van der Waals surface area (Å²) >= 11 is 0. The molecular formula is C21H27Cl2N3. The summed E-state index contributed by atoms with van der Waals surface area (Å²) < 4.78 is 2.55. The monoisotopic (exact) mass is 391 g/mol. The fourth-order valence-corrected chi connectivity index (χ4v) is 3.84. The molecule has 5 heteroatoms. The van der Waals surface area contributed by atoms with Crippen molar-refractivity contribution in [1.82, 2.24) is 14.5 Å². The molecule has 140 valence electrons. The number of fused-ring (bicyclic) bond motifs is 3. The molecule has 0 N–H and O–H groups in total. The molecule has 0 unspecified atom stereocenters. The van der Waals surface area contributed by atoms with Crippen molar-refractivity contribution < 1.29 is 0 Å². The second kappa shape index (κ2) is 8.43. The molecule has 1 aromatic carbocycles. The summed E-state index contributed by atoms with van der Waals surface area (Å²) in [6, 6.07) is 11.2. The molecule has 3 aromatic rings. The van der Waals surface area contributed by atoms with Crippen molar-refractivity contribution in [2.24, 2.45) is 0 Å². The van der Waals surface area contributed by atoms with Crippen LogP contribution in [-0.4, -0.2) is 28.0 Å². The number of halogens is 2. The van der Waals surface area contributed by atoms with Crippen LogP contribution in [-0.2, 0) is 25.9 Å². The van der Waals surface area contributed by atoms with Gasteiger partial charge in [-0.15, -0.1) is 24.8 Å². The largest absolute Gasteiger partial charge is 0.344 e. The maximum atomic E-state index is 4.43. The van der Waals surface area contributed by atoms with Gasteiger partial charge in [-0.25, -0.2) is 0 Å². The second-order valence-corrected chi connectivity index (χ2v) is 7.14. The zero-order valence-corrected chi connectivity index (χ0v) is 17.3. The quantitative estimate of drug-likeness (QED) is 0.643. The van der Waals surface area contributed by atoms with Crippen molar-refractivity contribution in [3.8, 4) is 0 Å². The molecule has 3 nitrogen and oxygen atoms in total. The van der Waals surface area contributed by atoms with Crippen molar-refractivity contribution in [2.75, 3.05) is 13.6 Å². The fraction of sp³-hybridized carbons (Fsp3) is 0.381. The van der Waals surface area contributed by atoms with Gasteiger partial charge in [0.05, 0.1) is 0 Å². The van der Waals surface area contributed by atoms with Crippen LogP contribution < -0.4 is 0 Å². The number of aryl methyl sites for hydroxylation is 4. The van der Waals surface area contributed by atoms with E-state index in [0.717, 1.165) is 38.2 Å². The Kier molecular flexibility index (Phi) is 6.73. The first-order valence-corrected chi connectivity index (χ1v) is 8.82. The topological polar surface area (TPSA) is 21.1 Å². The van der Waals surface area contributed by atoms with Gasteiger partial charge in [0, 0.05) is 54.5 Å². The molecule has 2 aromatic heterocycles. The van der Waals surface area contributed by atoms with Gasteiger partial charge in [-0.2, -0.15) is 0 Å². The molecule has 0 spiro atoms. The van der Waals surface area contributed by atoms with E-state index < -0.39 is 0 Å². The minimum absolute atomic E-state index is 0. The van der Waals surface area contributed by atoms with E-state index in [1.807, 2.05) is 13.1 Å². The maximum Gasteiger partial charge on any atom is 0.0486 e. The van der Waals surface area contributed by atoms with Crippen molar-refractivity contribution in [3.05, 3.63) is 64.6 Å². The first kappa shape index (κ1) is 20.8. The molecule has 0 saturated carbocycles. The lowest BCUT2D eigenvalue weighted by Crippen LogP contribution is -2.27. The number of benzene rings is 1. The highest BCUT2D eigenvalue weighted by Gasteiger charge is 2.22.